The molecule has 1 atom stereocenters. The summed E-state index contributed by atoms with van der Waals surface area (Å²) in [5.74, 6) is 0. The molecule has 0 aromatic heterocycles. The van der Waals surface area contributed by atoms with Gasteiger partial charge in [0, 0.05) is 5.54 Å². The lowest BCUT2D eigenvalue weighted by Gasteiger charge is -2.21. The van der Waals surface area contributed by atoms with E-state index in [-0.39, 0.29) is 5.54 Å². The highest BCUT2D eigenvalue weighted by atomic mass is 16.6. The Kier molecular flexibility index (Phi) is 5.97. The van der Waals surface area contributed by atoms with Crippen LogP contribution in [0.4, 0.5) is 4.79 Å². The number of aldehydes is 1. The summed E-state index contributed by atoms with van der Waals surface area (Å²) in [6.45, 7) is 7.60. The molecule has 0 saturated carbocycles. The van der Waals surface area contributed by atoms with E-state index in [0.29, 0.717) is 12.7 Å². The number of hydrogen-bond acceptors (Lipinski definition) is 3. The highest BCUT2D eigenvalue weighted by Gasteiger charge is 2.18. The van der Waals surface area contributed by atoms with E-state index in [1.807, 2.05) is 27.7 Å². The number of unbranched alkanes of at least 4 members (excludes halogenated alkanes) is 1. The molecule has 0 aliphatic carbocycles. The van der Waals surface area contributed by atoms with Gasteiger partial charge in [-0.3, -0.25) is 4.79 Å². The molecule has 0 aliphatic heterocycles. The fourth-order valence-corrected chi connectivity index (χ4v) is 1.03. The van der Waals surface area contributed by atoms with Crippen molar-refractivity contribution in [3.05, 3.63) is 0 Å². The van der Waals surface area contributed by atoms with Crippen LogP contribution >= 0.6 is 0 Å². The van der Waals surface area contributed by atoms with Crippen LogP contribution in [0.25, 0.3) is 0 Å². The SMILES string of the molecule is CCCCC(C=O)OC(=O)NC(C)(C)C. The minimum atomic E-state index is -0.618. The van der Waals surface area contributed by atoms with Gasteiger partial charge >= 0.3 is 6.09 Å². The molecule has 0 heterocycles. The minimum Gasteiger partial charge on any atom is -0.439 e. The smallest absolute Gasteiger partial charge is 0.408 e. The van der Waals surface area contributed by atoms with Crippen LogP contribution < -0.4 is 5.32 Å². The fourth-order valence-electron chi connectivity index (χ4n) is 1.03. The molecule has 0 spiro atoms. The number of carbonyl (C=O) groups excluding carboxylic acids is 2. The van der Waals surface area contributed by atoms with Crippen LogP contribution in [0, 0.1) is 0 Å². The van der Waals surface area contributed by atoms with E-state index < -0.39 is 12.2 Å². The lowest BCUT2D eigenvalue weighted by atomic mass is 10.1. The molecular weight excluding hydrogens is 194 g/mol. The molecule has 15 heavy (non-hydrogen) atoms. The minimum absolute atomic E-state index is 0.338. The molecule has 0 aliphatic rings. The van der Waals surface area contributed by atoms with Crippen LogP contribution in [-0.2, 0) is 9.53 Å². The van der Waals surface area contributed by atoms with E-state index >= 15 is 0 Å². The Labute approximate surface area is 91.4 Å². The molecule has 0 rings (SSSR count). The van der Waals surface area contributed by atoms with Crippen molar-refractivity contribution in [2.45, 2.75) is 58.6 Å². The van der Waals surface area contributed by atoms with Crippen LogP contribution in [0.3, 0.4) is 0 Å². The Morgan fingerprint density at radius 1 is 1.47 bits per heavy atom. The fraction of sp³-hybridized carbons (Fsp3) is 0.818. The Morgan fingerprint density at radius 3 is 2.47 bits per heavy atom. The zero-order valence-electron chi connectivity index (χ0n) is 10.0. The van der Waals surface area contributed by atoms with Gasteiger partial charge in [0.25, 0.3) is 0 Å². The van der Waals surface area contributed by atoms with Crippen LogP contribution in [-0.4, -0.2) is 24.0 Å². The van der Waals surface area contributed by atoms with Crippen molar-refractivity contribution in [1.82, 2.24) is 5.32 Å². The van der Waals surface area contributed by atoms with E-state index in [9.17, 15) is 9.59 Å². The zero-order valence-corrected chi connectivity index (χ0v) is 10.0. The quantitative estimate of drug-likeness (QED) is 0.716. The normalized spacial score (nSPS) is 13.1. The number of carbonyl (C=O) groups is 2. The predicted octanol–water partition coefficient (Wildman–Crippen LogP) is 2.27. The second-order valence-corrected chi connectivity index (χ2v) is 4.60. The lowest BCUT2D eigenvalue weighted by molar-refractivity contribution is -0.115. The summed E-state index contributed by atoms with van der Waals surface area (Å²) in [5.41, 5.74) is -0.338. The number of amides is 1. The van der Waals surface area contributed by atoms with Gasteiger partial charge in [-0.25, -0.2) is 4.79 Å². The average Bonchev–Trinajstić information content (AvgIpc) is 2.09. The van der Waals surface area contributed by atoms with Gasteiger partial charge in [0.05, 0.1) is 0 Å². The standard InChI is InChI=1S/C11H21NO3/c1-5-6-7-9(8-13)15-10(14)12-11(2,3)4/h8-9H,5-7H2,1-4H3,(H,12,14). The maximum Gasteiger partial charge on any atom is 0.408 e. The van der Waals surface area contributed by atoms with Gasteiger partial charge in [-0.15, -0.1) is 0 Å². The lowest BCUT2D eigenvalue weighted by Crippen LogP contribution is -2.42. The molecule has 0 fully saturated rings. The first-order valence-corrected chi connectivity index (χ1v) is 5.33. The van der Waals surface area contributed by atoms with Gasteiger partial charge in [0.2, 0.25) is 0 Å². The summed E-state index contributed by atoms with van der Waals surface area (Å²) in [4.78, 5) is 21.9. The average molecular weight is 215 g/mol. The van der Waals surface area contributed by atoms with Gasteiger partial charge < -0.3 is 10.1 Å². The number of rotatable bonds is 5. The molecule has 0 saturated heterocycles. The molecular formula is C11H21NO3. The van der Waals surface area contributed by atoms with Gasteiger partial charge in [-0.05, 0) is 33.6 Å². The van der Waals surface area contributed by atoms with Gasteiger partial charge in [-0.1, -0.05) is 13.3 Å². The number of hydrogen-bond donors (Lipinski definition) is 1. The summed E-state index contributed by atoms with van der Waals surface area (Å²) in [5, 5.41) is 2.64. The molecule has 1 N–H and O–H groups in total. The van der Waals surface area contributed by atoms with E-state index in [4.69, 9.17) is 4.74 Å². The highest BCUT2D eigenvalue weighted by Crippen LogP contribution is 2.05. The highest BCUT2D eigenvalue weighted by molar-refractivity contribution is 5.71. The summed E-state index contributed by atoms with van der Waals surface area (Å²) >= 11 is 0. The molecule has 1 unspecified atom stereocenters. The Bertz CT molecular complexity index is 208. The third kappa shape index (κ3) is 7.97. The largest absolute Gasteiger partial charge is 0.439 e. The van der Waals surface area contributed by atoms with Crippen molar-refractivity contribution in [2.24, 2.45) is 0 Å². The third-order valence-corrected chi connectivity index (χ3v) is 1.73. The first-order chi connectivity index (χ1) is 6.89. The number of ether oxygens (including phenoxy) is 1. The van der Waals surface area contributed by atoms with Crippen LogP contribution in [0.5, 0.6) is 0 Å². The van der Waals surface area contributed by atoms with Crippen LogP contribution in [0.15, 0.2) is 0 Å². The molecule has 0 aromatic rings. The molecule has 0 radical (unpaired) electrons. The van der Waals surface area contributed by atoms with Crippen LogP contribution in [0.2, 0.25) is 0 Å². The maximum atomic E-state index is 11.3. The van der Waals surface area contributed by atoms with Crippen molar-refractivity contribution in [3.63, 3.8) is 0 Å². The first kappa shape index (κ1) is 13.9. The van der Waals surface area contributed by atoms with Crippen LogP contribution in [0.1, 0.15) is 47.0 Å². The third-order valence-electron chi connectivity index (χ3n) is 1.73. The topological polar surface area (TPSA) is 55.4 Å². The van der Waals surface area contributed by atoms with E-state index in [1.165, 1.54) is 0 Å². The molecule has 4 heteroatoms. The second kappa shape index (κ2) is 6.43. The van der Waals surface area contributed by atoms with Crippen molar-refractivity contribution < 1.29 is 14.3 Å². The number of alkyl carbamates (subject to hydrolysis) is 1. The van der Waals surface area contributed by atoms with Gasteiger partial charge in [-0.2, -0.15) is 0 Å². The molecule has 0 bridgehead atoms. The van der Waals surface area contributed by atoms with E-state index in [0.717, 1.165) is 12.8 Å². The Hall–Kier alpha value is -1.06. The first-order valence-electron chi connectivity index (χ1n) is 5.33. The molecule has 4 nitrogen and oxygen atoms in total. The zero-order chi connectivity index (χ0) is 11.9. The van der Waals surface area contributed by atoms with Gasteiger partial charge in [0.15, 0.2) is 12.4 Å². The summed E-state index contributed by atoms with van der Waals surface area (Å²) in [7, 11) is 0. The molecule has 0 aromatic carbocycles. The van der Waals surface area contributed by atoms with Crippen molar-refractivity contribution in [2.75, 3.05) is 0 Å². The van der Waals surface area contributed by atoms with Crippen molar-refractivity contribution in [3.8, 4) is 0 Å². The maximum absolute atomic E-state index is 11.3. The van der Waals surface area contributed by atoms with Crippen molar-refractivity contribution >= 4 is 12.4 Å². The summed E-state index contributed by atoms with van der Waals surface area (Å²) in [6.07, 6.45) is 1.99. The van der Waals surface area contributed by atoms with Gasteiger partial charge in [0.1, 0.15) is 0 Å². The summed E-state index contributed by atoms with van der Waals surface area (Å²) < 4.78 is 4.96. The number of nitrogens with one attached hydrogen (secondary N) is 1. The second-order valence-electron chi connectivity index (χ2n) is 4.60. The van der Waals surface area contributed by atoms with E-state index in [2.05, 4.69) is 5.32 Å². The Balaban J connectivity index is 3.96. The van der Waals surface area contributed by atoms with E-state index in [1.54, 1.807) is 0 Å². The monoisotopic (exact) mass is 215 g/mol. The Morgan fingerprint density at radius 2 is 2.07 bits per heavy atom. The predicted molar refractivity (Wildman–Crippen MR) is 58.7 cm³/mol. The molecule has 88 valence electrons. The molecule has 1 amide bonds. The summed E-state index contributed by atoms with van der Waals surface area (Å²) in [6, 6.07) is 0. The van der Waals surface area contributed by atoms with Crippen molar-refractivity contribution in [1.29, 1.82) is 0 Å².